The van der Waals surface area contributed by atoms with E-state index in [4.69, 9.17) is 9.47 Å². The lowest BCUT2D eigenvalue weighted by atomic mass is 10.0. The van der Waals surface area contributed by atoms with Crippen molar-refractivity contribution in [3.8, 4) is 0 Å². The molecular weight excluding hydrogens is 266 g/mol. The second kappa shape index (κ2) is 7.57. The van der Waals surface area contributed by atoms with Crippen LogP contribution >= 0.6 is 0 Å². The summed E-state index contributed by atoms with van der Waals surface area (Å²) in [7, 11) is 1.67. The first-order chi connectivity index (χ1) is 10.1. The van der Waals surface area contributed by atoms with Gasteiger partial charge in [-0.2, -0.15) is 0 Å². The van der Waals surface area contributed by atoms with Crippen LogP contribution in [0.4, 0.5) is 0 Å². The number of amides is 1. The topological polar surface area (TPSA) is 38.8 Å². The number of aryl methyl sites for hydroxylation is 2. The number of hydrogen-bond acceptors (Lipinski definition) is 3. The molecule has 1 aromatic carbocycles. The van der Waals surface area contributed by atoms with Gasteiger partial charge in [-0.15, -0.1) is 0 Å². The van der Waals surface area contributed by atoms with Gasteiger partial charge in [-0.3, -0.25) is 4.79 Å². The predicted octanol–water partition coefficient (Wildman–Crippen LogP) is 2.43. The van der Waals surface area contributed by atoms with Crippen molar-refractivity contribution in [2.75, 3.05) is 40.0 Å². The van der Waals surface area contributed by atoms with Gasteiger partial charge in [0.15, 0.2) is 0 Å². The zero-order valence-electron chi connectivity index (χ0n) is 13.2. The first-order valence-electron chi connectivity index (χ1n) is 7.55. The van der Waals surface area contributed by atoms with Gasteiger partial charge in [0.25, 0.3) is 5.91 Å². The molecule has 0 aromatic heterocycles. The number of carbonyl (C=O) groups excluding carboxylic acids is 1. The fourth-order valence-corrected chi connectivity index (χ4v) is 2.77. The molecule has 1 saturated heterocycles. The number of benzene rings is 1. The lowest BCUT2D eigenvalue weighted by Crippen LogP contribution is -2.30. The normalized spacial score (nSPS) is 18.2. The first-order valence-corrected chi connectivity index (χ1v) is 7.55. The van der Waals surface area contributed by atoms with Crippen molar-refractivity contribution in [1.29, 1.82) is 0 Å². The summed E-state index contributed by atoms with van der Waals surface area (Å²) in [6, 6.07) is 6.01. The molecule has 0 aliphatic carbocycles. The summed E-state index contributed by atoms with van der Waals surface area (Å²) >= 11 is 0. The Balaban J connectivity index is 1.87. The van der Waals surface area contributed by atoms with E-state index in [1.54, 1.807) is 7.11 Å². The molecular formula is C17H25NO3. The average Bonchev–Trinajstić information content (AvgIpc) is 2.92. The molecule has 0 saturated carbocycles. The van der Waals surface area contributed by atoms with E-state index >= 15 is 0 Å². The molecule has 1 aliphatic heterocycles. The molecule has 0 N–H and O–H groups in total. The summed E-state index contributed by atoms with van der Waals surface area (Å²) in [5.41, 5.74) is 3.07. The van der Waals surface area contributed by atoms with Gasteiger partial charge in [-0.05, 0) is 31.9 Å². The van der Waals surface area contributed by atoms with Crippen molar-refractivity contribution in [3.05, 3.63) is 34.9 Å². The standard InChI is InChI=1S/C17H25NO3/c1-13-4-5-16(14(2)10-13)17(19)18-7-6-15(11-18)12-21-9-8-20-3/h4-5,10,15H,6-9,11-12H2,1-3H3. The molecule has 0 spiro atoms. The molecule has 0 radical (unpaired) electrons. The number of methoxy groups -OCH3 is 1. The van der Waals surface area contributed by atoms with Gasteiger partial charge in [0.05, 0.1) is 19.8 Å². The zero-order valence-corrected chi connectivity index (χ0v) is 13.2. The van der Waals surface area contributed by atoms with Crippen molar-refractivity contribution >= 4 is 5.91 Å². The molecule has 4 nitrogen and oxygen atoms in total. The molecule has 1 unspecified atom stereocenters. The van der Waals surface area contributed by atoms with Crippen LogP contribution < -0.4 is 0 Å². The number of likely N-dealkylation sites (tertiary alicyclic amines) is 1. The molecule has 2 rings (SSSR count). The summed E-state index contributed by atoms with van der Waals surface area (Å²) < 4.78 is 10.5. The Morgan fingerprint density at radius 2 is 2.14 bits per heavy atom. The maximum absolute atomic E-state index is 12.6. The second-order valence-corrected chi connectivity index (χ2v) is 5.79. The molecule has 1 heterocycles. The highest BCUT2D eigenvalue weighted by atomic mass is 16.5. The van der Waals surface area contributed by atoms with Gasteiger partial charge in [0.2, 0.25) is 0 Å². The Kier molecular flexibility index (Phi) is 5.76. The summed E-state index contributed by atoms with van der Waals surface area (Å²) in [5, 5.41) is 0. The summed E-state index contributed by atoms with van der Waals surface area (Å²) in [5.74, 6) is 0.587. The molecule has 21 heavy (non-hydrogen) atoms. The quantitative estimate of drug-likeness (QED) is 0.756. The van der Waals surface area contributed by atoms with Crippen molar-refractivity contribution in [2.24, 2.45) is 5.92 Å². The Labute approximate surface area is 127 Å². The van der Waals surface area contributed by atoms with Crippen LogP contribution in [0.15, 0.2) is 18.2 Å². The number of carbonyl (C=O) groups is 1. The highest BCUT2D eigenvalue weighted by Gasteiger charge is 2.27. The molecule has 0 bridgehead atoms. The van der Waals surface area contributed by atoms with Crippen LogP contribution in [0.1, 0.15) is 27.9 Å². The van der Waals surface area contributed by atoms with Crippen LogP contribution in [0.5, 0.6) is 0 Å². The van der Waals surface area contributed by atoms with Gasteiger partial charge in [-0.1, -0.05) is 17.7 Å². The van der Waals surface area contributed by atoms with Crippen LogP contribution in [-0.4, -0.2) is 50.8 Å². The van der Waals surface area contributed by atoms with Crippen molar-refractivity contribution in [2.45, 2.75) is 20.3 Å². The highest BCUT2D eigenvalue weighted by Crippen LogP contribution is 2.21. The van der Waals surface area contributed by atoms with Crippen molar-refractivity contribution in [3.63, 3.8) is 0 Å². The molecule has 1 atom stereocenters. The van der Waals surface area contributed by atoms with Gasteiger partial charge in [0.1, 0.15) is 0 Å². The first kappa shape index (κ1) is 16.0. The second-order valence-electron chi connectivity index (χ2n) is 5.79. The van der Waals surface area contributed by atoms with Crippen LogP contribution in [0.2, 0.25) is 0 Å². The van der Waals surface area contributed by atoms with Crippen LogP contribution in [0.25, 0.3) is 0 Å². The number of hydrogen-bond donors (Lipinski definition) is 0. The fourth-order valence-electron chi connectivity index (χ4n) is 2.77. The Bertz CT molecular complexity index is 487. The van der Waals surface area contributed by atoms with E-state index in [-0.39, 0.29) is 5.91 Å². The van der Waals surface area contributed by atoms with Crippen LogP contribution in [0, 0.1) is 19.8 Å². The summed E-state index contributed by atoms with van der Waals surface area (Å²) in [4.78, 5) is 14.5. The third kappa shape index (κ3) is 4.29. The molecule has 1 aliphatic rings. The predicted molar refractivity (Wildman–Crippen MR) is 82.6 cm³/mol. The van der Waals surface area contributed by atoms with E-state index in [1.807, 2.05) is 30.9 Å². The smallest absolute Gasteiger partial charge is 0.254 e. The Morgan fingerprint density at radius 3 is 2.86 bits per heavy atom. The minimum Gasteiger partial charge on any atom is -0.382 e. The SMILES string of the molecule is COCCOCC1CCN(C(=O)c2ccc(C)cc2C)C1. The summed E-state index contributed by atoms with van der Waals surface area (Å²) in [6.07, 6.45) is 1.02. The molecule has 1 amide bonds. The van der Waals surface area contributed by atoms with E-state index in [2.05, 4.69) is 6.07 Å². The lowest BCUT2D eigenvalue weighted by molar-refractivity contribution is 0.0515. The maximum atomic E-state index is 12.6. The molecule has 116 valence electrons. The zero-order chi connectivity index (χ0) is 15.2. The van der Waals surface area contributed by atoms with Gasteiger partial charge < -0.3 is 14.4 Å². The third-order valence-electron chi connectivity index (χ3n) is 3.97. The van der Waals surface area contributed by atoms with E-state index in [1.165, 1.54) is 5.56 Å². The third-order valence-corrected chi connectivity index (χ3v) is 3.97. The largest absolute Gasteiger partial charge is 0.382 e. The Hall–Kier alpha value is -1.39. The Morgan fingerprint density at radius 1 is 1.33 bits per heavy atom. The summed E-state index contributed by atoms with van der Waals surface area (Å²) in [6.45, 7) is 7.62. The van der Waals surface area contributed by atoms with E-state index < -0.39 is 0 Å². The van der Waals surface area contributed by atoms with E-state index in [9.17, 15) is 4.79 Å². The monoisotopic (exact) mass is 291 g/mol. The van der Waals surface area contributed by atoms with Crippen LogP contribution in [0.3, 0.4) is 0 Å². The van der Waals surface area contributed by atoms with Crippen molar-refractivity contribution in [1.82, 2.24) is 4.90 Å². The lowest BCUT2D eigenvalue weighted by Gasteiger charge is -2.18. The maximum Gasteiger partial charge on any atom is 0.254 e. The molecule has 1 fully saturated rings. The highest BCUT2D eigenvalue weighted by molar-refractivity contribution is 5.95. The number of rotatable bonds is 6. The number of ether oxygens (including phenoxy) is 2. The van der Waals surface area contributed by atoms with Crippen LogP contribution in [-0.2, 0) is 9.47 Å². The molecule has 1 aromatic rings. The van der Waals surface area contributed by atoms with Gasteiger partial charge in [0, 0.05) is 31.7 Å². The van der Waals surface area contributed by atoms with Crippen molar-refractivity contribution < 1.29 is 14.3 Å². The minimum atomic E-state index is 0.145. The van der Waals surface area contributed by atoms with E-state index in [0.717, 1.165) is 30.6 Å². The van der Waals surface area contributed by atoms with E-state index in [0.29, 0.717) is 25.7 Å². The molecule has 4 heteroatoms. The van der Waals surface area contributed by atoms with Gasteiger partial charge in [-0.25, -0.2) is 0 Å². The average molecular weight is 291 g/mol. The van der Waals surface area contributed by atoms with Gasteiger partial charge >= 0.3 is 0 Å². The minimum absolute atomic E-state index is 0.145. The fraction of sp³-hybridized carbons (Fsp3) is 0.588. The number of nitrogens with zero attached hydrogens (tertiary/aromatic N) is 1.